The van der Waals surface area contributed by atoms with Gasteiger partial charge in [0.15, 0.2) is 0 Å². The summed E-state index contributed by atoms with van der Waals surface area (Å²) in [5.41, 5.74) is 3.14. The van der Waals surface area contributed by atoms with Crippen molar-refractivity contribution < 1.29 is 0 Å². The molecule has 1 fully saturated rings. The zero-order valence-electron chi connectivity index (χ0n) is 13.8. The van der Waals surface area contributed by atoms with Gasteiger partial charge in [-0.05, 0) is 24.6 Å². The van der Waals surface area contributed by atoms with Gasteiger partial charge in [0.2, 0.25) is 0 Å². The molecule has 0 amide bonds. The van der Waals surface area contributed by atoms with Crippen LogP contribution in [0.1, 0.15) is 18.1 Å². The molecular weight excluding hydrogens is 341 g/mol. The third-order valence-corrected chi connectivity index (χ3v) is 4.95. The molecule has 3 nitrogen and oxygen atoms in total. The van der Waals surface area contributed by atoms with E-state index in [4.69, 9.17) is 28.3 Å². The van der Waals surface area contributed by atoms with E-state index in [1.54, 1.807) is 0 Å². The molecule has 1 saturated heterocycles. The van der Waals surface area contributed by atoms with Gasteiger partial charge in [0.25, 0.3) is 0 Å². The summed E-state index contributed by atoms with van der Waals surface area (Å²) in [7, 11) is 0. The smallest absolute Gasteiger partial charge is 0.0661 e. The highest BCUT2D eigenvalue weighted by Gasteiger charge is 2.17. The van der Waals surface area contributed by atoms with Gasteiger partial charge < -0.3 is 0 Å². The fourth-order valence-corrected chi connectivity index (χ4v) is 3.35. The first-order valence-electron chi connectivity index (χ1n) is 8.14. The van der Waals surface area contributed by atoms with Crippen molar-refractivity contribution in [2.45, 2.75) is 13.5 Å². The first-order valence-corrected chi connectivity index (χ1v) is 8.90. The predicted octanol–water partition coefficient (Wildman–Crippen LogP) is 4.54. The van der Waals surface area contributed by atoms with E-state index in [1.807, 2.05) is 49.4 Å². The van der Waals surface area contributed by atoms with Gasteiger partial charge in [-0.1, -0.05) is 59.6 Å². The van der Waals surface area contributed by atoms with Crippen molar-refractivity contribution in [3.05, 3.63) is 69.7 Å². The van der Waals surface area contributed by atoms with E-state index >= 15 is 0 Å². The largest absolute Gasteiger partial charge is 0.295 e. The van der Waals surface area contributed by atoms with E-state index in [0.29, 0.717) is 0 Å². The van der Waals surface area contributed by atoms with Crippen LogP contribution >= 0.6 is 23.2 Å². The quantitative estimate of drug-likeness (QED) is 0.744. The molecule has 0 unspecified atom stereocenters. The monoisotopic (exact) mass is 361 g/mol. The third kappa shape index (κ3) is 4.29. The van der Waals surface area contributed by atoms with Crippen LogP contribution in [-0.2, 0) is 6.54 Å². The van der Waals surface area contributed by atoms with Crippen LogP contribution in [0.25, 0.3) is 0 Å². The summed E-state index contributed by atoms with van der Waals surface area (Å²) in [6, 6.07) is 15.9. The summed E-state index contributed by atoms with van der Waals surface area (Å²) in [6.07, 6.45) is 0. The Morgan fingerprint density at radius 1 is 0.917 bits per heavy atom. The van der Waals surface area contributed by atoms with E-state index in [-0.39, 0.29) is 0 Å². The Morgan fingerprint density at radius 3 is 2.21 bits per heavy atom. The maximum Gasteiger partial charge on any atom is 0.0661 e. The third-order valence-electron chi connectivity index (χ3n) is 4.26. The first-order chi connectivity index (χ1) is 11.6. The van der Waals surface area contributed by atoms with Crippen LogP contribution in [0, 0.1) is 0 Å². The molecule has 0 N–H and O–H groups in total. The van der Waals surface area contributed by atoms with Gasteiger partial charge >= 0.3 is 0 Å². The van der Waals surface area contributed by atoms with Gasteiger partial charge in [0.1, 0.15) is 0 Å². The molecule has 0 aliphatic carbocycles. The minimum absolute atomic E-state index is 0.746. The number of halogens is 2. The van der Waals surface area contributed by atoms with Crippen molar-refractivity contribution in [1.29, 1.82) is 0 Å². The Hall–Kier alpha value is -1.55. The normalized spacial score (nSPS) is 16.5. The molecule has 0 bridgehead atoms. The molecule has 24 heavy (non-hydrogen) atoms. The Morgan fingerprint density at radius 2 is 1.54 bits per heavy atom. The molecule has 0 atom stereocenters. The molecule has 126 valence electrons. The Bertz CT molecular complexity index is 722. The Balaban J connectivity index is 1.58. The predicted molar refractivity (Wildman–Crippen MR) is 102 cm³/mol. The van der Waals surface area contributed by atoms with Gasteiger partial charge in [-0.25, -0.2) is 0 Å². The number of nitrogens with zero attached hydrogens (tertiary/aromatic N) is 3. The lowest BCUT2D eigenvalue weighted by molar-refractivity contribution is 0.130. The SMILES string of the molecule is CC(=NN1CCN(Cc2ccccc2Cl)CC1)c1ccccc1Cl. The van der Waals surface area contributed by atoms with Crippen LogP contribution in [0.3, 0.4) is 0 Å². The summed E-state index contributed by atoms with van der Waals surface area (Å²) < 4.78 is 0. The molecule has 0 aromatic heterocycles. The molecule has 3 rings (SSSR count). The molecule has 0 spiro atoms. The van der Waals surface area contributed by atoms with E-state index < -0.39 is 0 Å². The van der Waals surface area contributed by atoms with Gasteiger partial charge in [-0.2, -0.15) is 5.10 Å². The van der Waals surface area contributed by atoms with Crippen molar-refractivity contribution in [2.75, 3.05) is 26.2 Å². The lowest BCUT2D eigenvalue weighted by Crippen LogP contribution is -2.43. The molecule has 1 aliphatic heterocycles. The highest BCUT2D eigenvalue weighted by Crippen LogP contribution is 2.19. The molecule has 1 aliphatic rings. The fraction of sp³-hybridized carbons (Fsp3) is 0.316. The van der Waals surface area contributed by atoms with Gasteiger partial charge in [-0.3, -0.25) is 9.91 Å². The average Bonchev–Trinajstić information content (AvgIpc) is 2.59. The molecule has 5 heteroatoms. The molecular formula is C19H21Cl2N3. The molecule has 2 aromatic carbocycles. The second-order valence-corrected chi connectivity index (χ2v) is 6.80. The molecule has 2 aromatic rings. The van der Waals surface area contributed by atoms with Crippen LogP contribution in [0.5, 0.6) is 0 Å². The number of benzene rings is 2. The molecule has 0 saturated carbocycles. The Labute approximate surface area is 153 Å². The van der Waals surface area contributed by atoms with Crippen molar-refractivity contribution >= 4 is 28.9 Å². The summed E-state index contributed by atoms with van der Waals surface area (Å²) >= 11 is 12.5. The van der Waals surface area contributed by atoms with Crippen molar-refractivity contribution in [1.82, 2.24) is 9.91 Å². The molecule has 1 heterocycles. The summed E-state index contributed by atoms with van der Waals surface area (Å²) in [5, 5.41) is 8.45. The lowest BCUT2D eigenvalue weighted by atomic mass is 10.1. The Kier molecular flexibility index (Phi) is 5.77. The van der Waals surface area contributed by atoms with Crippen molar-refractivity contribution in [3.63, 3.8) is 0 Å². The van der Waals surface area contributed by atoms with E-state index in [0.717, 1.165) is 54.0 Å². The second-order valence-electron chi connectivity index (χ2n) is 5.99. The van der Waals surface area contributed by atoms with E-state index in [1.165, 1.54) is 5.56 Å². The van der Waals surface area contributed by atoms with Crippen molar-refractivity contribution in [3.8, 4) is 0 Å². The number of hydrogen-bond donors (Lipinski definition) is 0. The summed E-state index contributed by atoms with van der Waals surface area (Å²) in [6.45, 7) is 6.67. The topological polar surface area (TPSA) is 18.8 Å². The zero-order chi connectivity index (χ0) is 16.9. The van der Waals surface area contributed by atoms with Crippen molar-refractivity contribution in [2.24, 2.45) is 5.10 Å². The molecule has 0 radical (unpaired) electrons. The van der Waals surface area contributed by atoms with Crippen LogP contribution < -0.4 is 0 Å². The first kappa shape index (κ1) is 17.3. The van der Waals surface area contributed by atoms with E-state index in [9.17, 15) is 0 Å². The standard InChI is InChI=1S/C19H21Cl2N3/c1-15(17-7-3-5-9-19(17)21)22-24-12-10-23(11-13-24)14-16-6-2-4-8-18(16)20/h2-9H,10-14H2,1H3. The van der Waals surface area contributed by atoms with E-state index in [2.05, 4.69) is 16.0 Å². The summed E-state index contributed by atoms with van der Waals surface area (Å²) in [4.78, 5) is 2.41. The van der Waals surface area contributed by atoms with Gasteiger partial charge in [0.05, 0.1) is 5.71 Å². The number of hydrogen-bond acceptors (Lipinski definition) is 3. The lowest BCUT2D eigenvalue weighted by Gasteiger charge is -2.33. The highest BCUT2D eigenvalue weighted by molar-refractivity contribution is 6.34. The number of piperazine rings is 1. The number of rotatable bonds is 4. The minimum atomic E-state index is 0.746. The van der Waals surface area contributed by atoms with Crippen LogP contribution in [0.4, 0.5) is 0 Å². The minimum Gasteiger partial charge on any atom is -0.295 e. The van der Waals surface area contributed by atoms with Gasteiger partial charge in [-0.15, -0.1) is 0 Å². The zero-order valence-corrected chi connectivity index (χ0v) is 15.3. The van der Waals surface area contributed by atoms with Crippen LogP contribution in [0.15, 0.2) is 53.6 Å². The van der Waals surface area contributed by atoms with Crippen LogP contribution in [0.2, 0.25) is 10.0 Å². The van der Waals surface area contributed by atoms with Gasteiger partial charge in [0, 0.05) is 48.3 Å². The summed E-state index contributed by atoms with van der Waals surface area (Å²) in [5.74, 6) is 0. The highest BCUT2D eigenvalue weighted by atomic mass is 35.5. The maximum atomic E-state index is 6.25. The van der Waals surface area contributed by atoms with Crippen LogP contribution in [-0.4, -0.2) is 41.8 Å². The number of hydrazone groups is 1. The fourth-order valence-electron chi connectivity index (χ4n) is 2.88. The maximum absolute atomic E-state index is 6.25. The average molecular weight is 362 g/mol. The second kappa shape index (κ2) is 8.02.